The van der Waals surface area contributed by atoms with Gasteiger partial charge in [-0.3, -0.25) is 4.79 Å². The van der Waals surface area contributed by atoms with Gasteiger partial charge in [0.25, 0.3) is 5.91 Å². The Morgan fingerprint density at radius 3 is 2.47 bits per heavy atom. The summed E-state index contributed by atoms with van der Waals surface area (Å²) < 4.78 is 12.2. The average molecular weight is 491 g/mol. The van der Waals surface area contributed by atoms with Crippen LogP contribution in [0.2, 0.25) is 5.02 Å². The van der Waals surface area contributed by atoms with E-state index in [1.165, 1.54) is 32.4 Å². The average Bonchev–Trinajstić information content (AvgIpc) is 2.88. The Hall–Kier alpha value is -1.60. The molecule has 4 rings (SSSR count). The second-order valence-electron chi connectivity index (χ2n) is 9.70. The molecule has 7 heteroatoms. The van der Waals surface area contributed by atoms with Gasteiger partial charge in [0.15, 0.2) is 5.76 Å². The number of carbonyl (C=O) groups is 1. The Morgan fingerprint density at radius 2 is 1.82 bits per heavy atom. The van der Waals surface area contributed by atoms with Crippen LogP contribution in [0.25, 0.3) is 0 Å². The number of hydrogen-bond donors (Lipinski definition) is 1. The van der Waals surface area contributed by atoms with Gasteiger partial charge in [-0.1, -0.05) is 30.2 Å². The zero-order valence-electron chi connectivity index (χ0n) is 20.3. The van der Waals surface area contributed by atoms with Crippen molar-refractivity contribution in [1.29, 1.82) is 0 Å². The van der Waals surface area contributed by atoms with Crippen molar-refractivity contribution in [3.8, 4) is 0 Å². The number of halogens is 1. The quantitative estimate of drug-likeness (QED) is 0.578. The molecule has 0 unspecified atom stereocenters. The van der Waals surface area contributed by atoms with Crippen LogP contribution in [-0.4, -0.2) is 72.5 Å². The molecular weight excluding hydrogens is 452 g/mol. The number of piperidine rings is 2. The van der Waals surface area contributed by atoms with Crippen molar-refractivity contribution in [3.05, 3.63) is 46.7 Å². The van der Waals surface area contributed by atoms with Crippen LogP contribution < -0.4 is 0 Å². The first-order valence-electron chi connectivity index (χ1n) is 13.0. The van der Waals surface area contributed by atoms with E-state index in [9.17, 15) is 9.90 Å². The van der Waals surface area contributed by atoms with Crippen molar-refractivity contribution in [3.63, 3.8) is 0 Å². The van der Waals surface area contributed by atoms with Crippen LogP contribution in [-0.2, 0) is 14.3 Å². The fourth-order valence-electron chi connectivity index (χ4n) is 5.70. The van der Waals surface area contributed by atoms with E-state index in [1.54, 1.807) is 0 Å². The predicted octanol–water partition coefficient (Wildman–Crippen LogP) is 4.57. The second kappa shape index (κ2) is 12.4. The minimum atomic E-state index is -0.521. The van der Waals surface area contributed by atoms with Crippen LogP contribution in [0, 0.1) is 5.92 Å². The minimum absolute atomic E-state index is 0.00895. The summed E-state index contributed by atoms with van der Waals surface area (Å²) in [6, 6.07) is 8.37. The lowest BCUT2D eigenvalue weighted by Crippen LogP contribution is -2.49. The molecule has 2 fully saturated rings. The van der Waals surface area contributed by atoms with Crippen molar-refractivity contribution >= 4 is 17.5 Å². The third-order valence-corrected chi connectivity index (χ3v) is 7.79. The second-order valence-corrected chi connectivity index (χ2v) is 10.1. The number of allylic oxidation sites excluding steroid dienone is 1. The molecule has 2 saturated heterocycles. The lowest BCUT2D eigenvalue weighted by Gasteiger charge is -2.41. The van der Waals surface area contributed by atoms with Crippen LogP contribution >= 0.6 is 11.6 Å². The molecular formula is C27H39ClN2O4. The highest BCUT2D eigenvalue weighted by Gasteiger charge is 2.39. The number of ether oxygens (including phenoxy) is 2. The molecule has 0 spiro atoms. The van der Waals surface area contributed by atoms with Crippen LogP contribution in [0.15, 0.2) is 36.1 Å². The summed E-state index contributed by atoms with van der Waals surface area (Å²) in [7, 11) is 0. The number of amides is 1. The van der Waals surface area contributed by atoms with Gasteiger partial charge in [0.05, 0.1) is 0 Å². The molecule has 0 bridgehead atoms. The molecule has 1 amide bonds. The summed E-state index contributed by atoms with van der Waals surface area (Å²) in [6.07, 6.45) is 8.82. The summed E-state index contributed by atoms with van der Waals surface area (Å²) >= 11 is 6.14. The Balaban J connectivity index is 1.51. The van der Waals surface area contributed by atoms with Crippen molar-refractivity contribution in [2.75, 3.05) is 39.4 Å². The highest BCUT2D eigenvalue weighted by Crippen LogP contribution is 2.40. The summed E-state index contributed by atoms with van der Waals surface area (Å²) in [5.74, 6) is 0.310. The maximum atomic E-state index is 13.5. The Labute approximate surface area is 208 Å². The topological polar surface area (TPSA) is 62.2 Å². The van der Waals surface area contributed by atoms with E-state index in [0.717, 1.165) is 37.9 Å². The van der Waals surface area contributed by atoms with Gasteiger partial charge >= 0.3 is 0 Å². The lowest BCUT2D eigenvalue weighted by molar-refractivity contribution is -0.171. The van der Waals surface area contributed by atoms with Crippen LogP contribution in [0.1, 0.15) is 63.4 Å². The molecule has 0 radical (unpaired) electrons. The number of likely N-dealkylation sites (tertiary alicyclic amines) is 2. The first-order valence-corrected chi connectivity index (χ1v) is 13.4. The number of hydrogen-bond acceptors (Lipinski definition) is 5. The number of benzene rings is 1. The van der Waals surface area contributed by atoms with E-state index in [-0.39, 0.29) is 24.3 Å². The smallest absolute Gasteiger partial charge is 0.288 e. The molecule has 0 aliphatic carbocycles. The molecule has 1 aromatic rings. The normalized spacial score (nSPS) is 26.7. The van der Waals surface area contributed by atoms with Gasteiger partial charge in [-0.2, -0.15) is 0 Å². The molecule has 34 heavy (non-hydrogen) atoms. The van der Waals surface area contributed by atoms with Gasteiger partial charge in [0, 0.05) is 49.2 Å². The SMILES string of the molecule is CCO[C@H]1OC(C(=O)N2CCC(N3CCCCC3)CC2)=C[C@@H](c2ccc(Cl)cc2)[C@@H]1CCCO. The third kappa shape index (κ3) is 6.14. The first kappa shape index (κ1) is 25.5. The first-order chi connectivity index (χ1) is 16.6. The monoisotopic (exact) mass is 490 g/mol. The van der Waals surface area contributed by atoms with E-state index < -0.39 is 6.29 Å². The van der Waals surface area contributed by atoms with Gasteiger partial charge in [-0.15, -0.1) is 0 Å². The largest absolute Gasteiger partial charge is 0.459 e. The molecule has 188 valence electrons. The molecule has 6 nitrogen and oxygen atoms in total. The molecule has 0 aromatic heterocycles. The molecule has 1 N–H and O–H groups in total. The molecule has 3 aliphatic rings. The van der Waals surface area contributed by atoms with Gasteiger partial charge < -0.3 is 24.4 Å². The van der Waals surface area contributed by atoms with E-state index in [2.05, 4.69) is 4.90 Å². The van der Waals surface area contributed by atoms with Crippen LogP contribution in [0.3, 0.4) is 0 Å². The highest BCUT2D eigenvalue weighted by molar-refractivity contribution is 6.30. The number of carbonyl (C=O) groups excluding carboxylic acids is 1. The predicted molar refractivity (Wildman–Crippen MR) is 134 cm³/mol. The fraction of sp³-hybridized carbons (Fsp3) is 0.667. The minimum Gasteiger partial charge on any atom is -0.459 e. The Bertz CT molecular complexity index is 816. The number of aliphatic hydroxyl groups is 1. The zero-order chi connectivity index (χ0) is 23.9. The Morgan fingerprint density at radius 1 is 1.12 bits per heavy atom. The molecule has 3 aliphatic heterocycles. The lowest BCUT2D eigenvalue weighted by atomic mass is 9.80. The summed E-state index contributed by atoms with van der Waals surface area (Å²) in [6.45, 7) is 6.47. The number of aliphatic hydroxyl groups excluding tert-OH is 1. The summed E-state index contributed by atoms with van der Waals surface area (Å²) in [5.41, 5.74) is 1.08. The molecule has 0 saturated carbocycles. The van der Waals surface area contributed by atoms with Crippen LogP contribution in [0.5, 0.6) is 0 Å². The van der Waals surface area contributed by atoms with Crippen molar-refractivity contribution < 1.29 is 19.4 Å². The van der Waals surface area contributed by atoms with E-state index >= 15 is 0 Å². The van der Waals surface area contributed by atoms with Crippen molar-refractivity contribution in [2.24, 2.45) is 5.92 Å². The van der Waals surface area contributed by atoms with Crippen molar-refractivity contribution in [2.45, 2.75) is 70.1 Å². The molecule has 3 heterocycles. The van der Waals surface area contributed by atoms with Gasteiger partial charge in [-0.25, -0.2) is 0 Å². The van der Waals surface area contributed by atoms with Gasteiger partial charge in [0.2, 0.25) is 6.29 Å². The van der Waals surface area contributed by atoms with Gasteiger partial charge in [0.1, 0.15) is 0 Å². The maximum absolute atomic E-state index is 13.5. The van der Waals surface area contributed by atoms with E-state index in [1.807, 2.05) is 42.2 Å². The van der Waals surface area contributed by atoms with Gasteiger partial charge in [-0.05, 0) is 82.3 Å². The molecule has 3 atom stereocenters. The maximum Gasteiger partial charge on any atom is 0.288 e. The standard InChI is InChI=1S/C27H39ClN2O4/c1-2-33-27-23(7-6-18-31)24(20-8-10-21(28)11-9-20)19-25(34-27)26(32)30-16-12-22(13-17-30)29-14-4-3-5-15-29/h8-11,19,22-24,27,31H,2-7,12-18H2,1H3/t23-,24-,27-/m0/s1. The highest BCUT2D eigenvalue weighted by atomic mass is 35.5. The van der Waals surface area contributed by atoms with E-state index in [0.29, 0.717) is 29.9 Å². The summed E-state index contributed by atoms with van der Waals surface area (Å²) in [4.78, 5) is 18.1. The number of nitrogens with zero attached hydrogens (tertiary/aromatic N) is 2. The fourth-order valence-corrected chi connectivity index (χ4v) is 5.82. The van der Waals surface area contributed by atoms with E-state index in [4.69, 9.17) is 21.1 Å². The third-order valence-electron chi connectivity index (χ3n) is 7.54. The van der Waals surface area contributed by atoms with Crippen LogP contribution in [0.4, 0.5) is 0 Å². The number of rotatable bonds is 8. The molecule has 1 aromatic carbocycles. The Kier molecular flexibility index (Phi) is 9.29. The summed E-state index contributed by atoms with van der Waals surface area (Å²) in [5, 5.41) is 10.1. The van der Waals surface area contributed by atoms with Crippen molar-refractivity contribution in [1.82, 2.24) is 9.80 Å². The zero-order valence-corrected chi connectivity index (χ0v) is 21.1.